The van der Waals surface area contributed by atoms with Gasteiger partial charge in [-0.15, -0.1) is 10.2 Å². The van der Waals surface area contributed by atoms with Crippen LogP contribution in [0.3, 0.4) is 0 Å². The number of aromatic nitrogens is 3. The standard InChI is InChI=1S/C21H34N6O/c1-5-12-21(28,13-6-2)16-24-20(22-14-18-10-8-7-9-11-18)23-15-19-26-25-17(3)27(19)4/h7-11,28H,5-6,12-16H2,1-4H3,(H2,22,23,24). The van der Waals surface area contributed by atoms with Gasteiger partial charge in [0, 0.05) is 13.6 Å². The minimum Gasteiger partial charge on any atom is -0.388 e. The Balaban J connectivity index is 2.07. The van der Waals surface area contributed by atoms with E-state index in [-0.39, 0.29) is 0 Å². The zero-order valence-electron chi connectivity index (χ0n) is 17.6. The van der Waals surface area contributed by atoms with Gasteiger partial charge in [0.1, 0.15) is 5.82 Å². The minimum atomic E-state index is -0.722. The molecule has 2 aromatic rings. The molecule has 1 aromatic heterocycles. The number of hydrogen-bond acceptors (Lipinski definition) is 4. The van der Waals surface area contributed by atoms with E-state index in [4.69, 9.17) is 4.99 Å². The van der Waals surface area contributed by atoms with Gasteiger partial charge in [0.2, 0.25) is 0 Å². The molecule has 0 fully saturated rings. The van der Waals surface area contributed by atoms with Gasteiger partial charge >= 0.3 is 0 Å². The van der Waals surface area contributed by atoms with E-state index < -0.39 is 5.60 Å². The molecule has 0 aliphatic heterocycles. The molecule has 0 atom stereocenters. The largest absolute Gasteiger partial charge is 0.388 e. The summed E-state index contributed by atoms with van der Waals surface area (Å²) in [5.74, 6) is 2.37. The maximum atomic E-state index is 10.9. The molecule has 0 unspecified atom stereocenters. The second-order valence-electron chi connectivity index (χ2n) is 7.30. The third-order valence-electron chi connectivity index (χ3n) is 4.87. The maximum Gasteiger partial charge on any atom is 0.192 e. The molecule has 7 heteroatoms. The zero-order chi connectivity index (χ0) is 20.4. The van der Waals surface area contributed by atoms with Crippen molar-refractivity contribution in [3.05, 3.63) is 47.5 Å². The lowest BCUT2D eigenvalue weighted by atomic mass is 9.93. The van der Waals surface area contributed by atoms with Crippen LogP contribution in [0.2, 0.25) is 0 Å². The molecule has 0 bridgehead atoms. The van der Waals surface area contributed by atoms with Crippen LogP contribution in [0.4, 0.5) is 0 Å². The smallest absolute Gasteiger partial charge is 0.192 e. The van der Waals surface area contributed by atoms with Crippen molar-refractivity contribution in [3.63, 3.8) is 0 Å². The van der Waals surface area contributed by atoms with Crippen LogP contribution in [-0.2, 0) is 20.1 Å². The summed E-state index contributed by atoms with van der Waals surface area (Å²) in [5.41, 5.74) is 0.413. The summed E-state index contributed by atoms with van der Waals surface area (Å²) in [7, 11) is 1.95. The van der Waals surface area contributed by atoms with E-state index in [2.05, 4.69) is 46.8 Å². The average Bonchev–Trinajstić information content (AvgIpc) is 3.00. The molecule has 3 N–H and O–H groups in total. The fourth-order valence-electron chi connectivity index (χ4n) is 3.18. The van der Waals surface area contributed by atoms with Crippen LogP contribution >= 0.6 is 0 Å². The van der Waals surface area contributed by atoms with E-state index in [1.54, 1.807) is 0 Å². The Bertz CT molecular complexity index is 735. The molecule has 1 aromatic carbocycles. The highest BCUT2D eigenvalue weighted by Gasteiger charge is 2.25. The number of benzene rings is 1. The van der Waals surface area contributed by atoms with Gasteiger partial charge in [-0.05, 0) is 25.3 Å². The summed E-state index contributed by atoms with van der Waals surface area (Å²) < 4.78 is 1.95. The third kappa shape index (κ3) is 6.64. The Kier molecular flexibility index (Phi) is 8.44. The fraction of sp³-hybridized carbons (Fsp3) is 0.571. The van der Waals surface area contributed by atoms with E-state index in [0.29, 0.717) is 25.6 Å². The first-order valence-electron chi connectivity index (χ1n) is 10.1. The minimum absolute atomic E-state index is 0.465. The van der Waals surface area contributed by atoms with Crippen molar-refractivity contribution in [2.75, 3.05) is 6.54 Å². The van der Waals surface area contributed by atoms with Crippen molar-refractivity contribution in [3.8, 4) is 0 Å². The second kappa shape index (κ2) is 10.8. The quantitative estimate of drug-likeness (QED) is 0.432. The van der Waals surface area contributed by atoms with Gasteiger partial charge in [0.15, 0.2) is 11.8 Å². The highest BCUT2D eigenvalue weighted by molar-refractivity contribution is 5.79. The number of nitrogens with zero attached hydrogens (tertiary/aromatic N) is 4. The number of hydrogen-bond donors (Lipinski definition) is 3. The van der Waals surface area contributed by atoms with Crippen molar-refractivity contribution in [2.45, 2.75) is 65.1 Å². The van der Waals surface area contributed by atoms with Crippen LogP contribution in [0.25, 0.3) is 0 Å². The molecule has 2 rings (SSSR count). The topological polar surface area (TPSA) is 87.4 Å². The molecular weight excluding hydrogens is 352 g/mol. The number of rotatable bonds is 10. The van der Waals surface area contributed by atoms with Crippen molar-refractivity contribution in [1.29, 1.82) is 0 Å². The van der Waals surface area contributed by atoms with Crippen LogP contribution in [0, 0.1) is 6.92 Å². The van der Waals surface area contributed by atoms with Crippen LogP contribution in [-0.4, -0.2) is 38.0 Å². The summed E-state index contributed by atoms with van der Waals surface area (Å²) in [6, 6.07) is 10.1. The van der Waals surface area contributed by atoms with E-state index in [1.807, 2.05) is 36.7 Å². The SMILES string of the molecule is CCCC(O)(CCC)CNC(=NCc1ccccc1)NCc1nnc(C)n1C. The lowest BCUT2D eigenvalue weighted by molar-refractivity contribution is 0.0257. The molecule has 0 aliphatic rings. The molecular formula is C21H34N6O. The zero-order valence-corrected chi connectivity index (χ0v) is 17.6. The lowest BCUT2D eigenvalue weighted by Gasteiger charge is -2.28. The van der Waals surface area contributed by atoms with Crippen molar-refractivity contribution in [1.82, 2.24) is 25.4 Å². The Labute approximate surface area is 168 Å². The van der Waals surface area contributed by atoms with Crippen LogP contribution in [0.1, 0.15) is 56.7 Å². The summed E-state index contributed by atoms with van der Waals surface area (Å²) in [6.07, 6.45) is 3.42. The Morgan fingerprint density at radius 2 is 1.79 bits per heavy atom. The number of aliphatic hydroxyl groups is 1. The molecule has 0 radical (unpaired) electrons. The average molecular weight is 387 g/mol. The predicted octanol–water partition coefficient (Wildman–Crippen LogP) is 2.69. The summed E-state index contributed by atoms with van der Waals surface area (Å²) >= 11 is 0. The van der Waals surface area contributed by atoms with Gasteiger partial charge in [0.05, 0.1) is 18.7 Å². The fourth-order valence-corrected chi connectivity index (χ4v) is 3.18. The first kappa shape index (κ1) is 21.9. The van der Waals surface area contributed by atoms with Gasteiger partial charge in [-0.3, -0.25) is 0 Å². The van der Waals surface area contributed by atoms with Gasteiger partial charge in [-0.25, -0.2) is 4.99 Å². The highest BCUT2D eigenvalue weighted by atomic mass is 16.3. The second-order valence-corrected chi connectivity index (χ2v) is 7.30. The van der Waals surface area contributed by atoms with Gasteiger partial charge in [-0.2, -0.15) is 0 Å². The molecule has 0 saturated heterocycles. The first-order chi connectivity index (χ1) is 13.5. The predicted molar refractivity (Wildman–Crippen MR) is 113 cm³/mol. The molecule has 154 valence electrons. The van der Waals surface area contributed by atoms with Gasteiger partial charge in [0.25, 0.3) is 0 Å². The number of nitrogens with one attached hydrogen (secondary N) is 2. The molecule has 0 aliphatic carbocycles. The van der Waals surface area contributed by atoms with Crippen LogP contribution < -0.4 is 10.6 Å². The number of aliphatic imine (C=N–C) groups is 1. The Morgan fingerprint density at radius 1 is 1.11 bits per heavy atom. The Hall–Kier alpha value is -2.41. The van der Waals surface area contributed by atoms with E-state index in [1.165, 1.54) is 0 Å². The summed E-state index contributed by atoms with van der Waals surface area (Å²) in [5, 5.41) is 25.8. The normalized spacial score (nSPS) is 12.2. The number of aryl methyl sites for hydroxylation is 1. The molecule has 7 nitrogen and oxygen atoms in total. The van der Waals surface area contributed by atoms with E-state index in [9.17, 15) is 5.11 Å². The van der Waals surface area contributed by atoms with Crippen LogP contribution in [0.15, 0.2) is 35.3 Å². The van der Waals surface area contributed by atoms with Crippen LogP contribution in [0.5, 0.6) is 0 Å². The maximum absolute atomic E-state index is 10.9. The molecule has 0 saturated carbocycles. The molecule has 0 amide bonds. The molecule has 1 heterocycles. The number of guanidine groups is 1. The molecule has 0 spiro atoms. The first-order valence-corrected chi connectivity index (χ1v) is 10.1. The van der Waals surface area contributed by atoms with E-state index in [0.717, 1.165) is 42.9 Å². The monoisotopic (exact) mass is 386 g/mol. The van der Waals surface area contributed by atoms with Crippen molar-refractivity contribution < 1.29 is 5.11 Å². The summed E-state index contributed by atoms with van der Waals surface area (Å²) in [4.78, 5) is 4.69. The van der Waals surface area contributed by atoms with Crippen molar-refractivity contribution >= 4 is 5.96 Å². The molecule has 28 heavy (non-hydrogen) atoms. The lowest BCUT2D eigenvalue weighted by Crippen LogP contribution is -2.47. The van der Waals surface area contributed by atoms with Gasteiger partial charge in [-0.1, -0.05) is 57.0 Å². The van der Waals surface area contributed by atoms with E-state index >= 15 is 0 Å². The highest BCUT2D eigenvalue weighted by Crippen LogP contribution is 2.18. The van der Waals surface area contributed by atoms with Gasteiger partial charge < -0.3 is 20.3 Å². The Morgan fingerprint density at radius 3 is 2.36 bits per heavy atom. The summed E-state index contributed by atoms with van der Waals surface area (Å²) in [6.45, 7) is 7.66. The third-order valence-corrected chi connectivity index (χ3v) is 4.87. The van der Waals surface area contributed by atoms with Crippen molar-refractivity contribution in [2.24, 2.45) is 12.0 Å².